The van der Waals surface area contributed by atoms with Gasteiger partial charge in [-0.15, -0.1) is 13.2 Å². The van der Waals surface area contributed by atoms with Gasteiger partial charge in [0.1, 0.15) is 5.75 Å². The highest BCUT2D eigenvalue weighted by atomic mass is 19.4. The van der Waals surface area contributed by atoms with Crippen molar-refractivity contribution in [3.8, 4) is 5.75 Å². The molecule has 2 rings (SSSR count). The number of benzene rings is 1. The van der Waals surface area contributed by atoms with Crippen LogP contribution in [0.4, 0.5) is 13.2 Å². The monoisotopic (exact) mass is 317 g/mol. The lowest BCUT2D eigenvalue weighted by Crippen LogP contribution is -2.37. The molecule has 0 spiro atoms. The molecule has 122 valence electrons. The van der Waals surface area contributed by atoms with Crippen molar-refractivity contribution in [1.82, 2.24) is 4.90 Å². The van der Waals surface area contributed by atoms with Crippen LogP contribution in [-0.4, -0.2) is 35.4 Å². The van der Waals surface area contributed by atoms with E-state index in [4.69, 9.17) is 5.11 Å². The molecule has 22 heavy (non-hydrogen) atoms. The average Bonchev–Trinajstić information content (AvgIpc) is 2.46. The predicted molar refractivity (Wildman–Crippen MR) is 73.5 cm³/mol. The molecule has 1 atom stereocenters. The van der Waals surface area contributed by atoms with Gasteiger partial charge >= 0.3 is 12.3 Å². The number of carboxylic acid groups (broad SMARTS) is 1. The number of nitrogens with zero attached hydrogens (tertiary/aromatic N) is 1. The third-order valence-corrected chi connectivity index (χ3v) is 4.02. The van der Waals surface area contributed by atoms with E-state index in [1.165, 1.54) is 12.1 Å². The molecule has 1 fully saturated rings. The van der Waals surface area contributed by atoms with Gasteiger partial charge in [0, 0.05) is 6.04 Å². The topological polar surface area (TPSA) is 49.8 Å². The summed E-state index contributed by atoms with van der Waals surface area (Å²) in [6, 6.07) is 5.83. The van der Waals surface area contributed by atoms with Gasteiger partial charge in [-0.3, -0.25) is 9.69 Å². The van der Waals surface area contributed by atoms with E-state index in [1.807, 2.05) is 6.92 Å². The lowest BCUT2D eigenvalue weighted by Gasteiger charge is -2.35. The van der Waals surface area contributed by atoms with Crippen LogP contribution in [0.25, 0.3) is 0 Å². The van der Waals surface area contributed by atoms with Crippen molar-refractivity contribution in [2.24, 2.45) is 5.92 Å². The molecular formula is C15H18F3NO3. The highest BCUT2D eigenvalue weighted by Gasteiger charge is 2.31. The molecule has 0 aromatic heterocycles. The van der Waals surface area contributed by atoms with Crippen molar-refractivity contribution in [2.45, 2.75) is 32.2 Å². The number of piperidine rings is 1. The zero-order chi connectivity index (χ0) is 16.3. The second kappa shape index (κ2) is 6.56. The summed E-state index contributed by atoms with van der Waals surface area (Å²) < 4.78 is 40.2. The number of ether oxygens (including phenoxy) is 1. The van der Waals surface area contributed by atoms with E-state index in [1.54, 1.807) is 12.1 Å². The Kier molecular flexibility index (Phi) is 4.95. The van der Waals surface area contributed by atoms with Crippen LogP contribution in [0.5, 0.6) is 5.75 Å². The molecule has 1 saturated heterocycles. The highest BCUT2D eigenvalue weighted by Crippen LogP contribution is 2.29. The maximum Gasteiger partial charge on any atom is 0.573 e. The average molecular weight is 317 g/mol. The second-order valence-corrected chi connectivity index (χ2v) is 5.44. The minimum atomic E-state index is -4.69. The zero-order valence-electron chi connectivity index (χ0n) is 12.1. The van der Waals surface area contributed by atoms with Gasteiger partial charge in [0.25, 0.3) is 0 Å². The van der Waals surface area contributed by atoms with Gasteiger partial charge in [-0.05, 0) is 50.6 Å². The predicted octanol–water partition coefficient (Wildman–Crippen LogP) is 3.44. The minimum Gasteiger partial charge on any atom is -0.481 e. The van der Waals surface area contributed by atoms with Crippen LogP contribution >= 0.6 is 0 Å². The maximum absolute atomic E-state index is 12.1. The van der Waals surface area contributed by atoms with E-state index in [0.717, 1.165) is 5.56 Å². The number of halogens is 3. The summed E-state index contributed by atoms with van der Waals surface area (Å²) in [6.45, 7) is 3.29. The molecule has 0 saturated carbocycles. The van der Waals surface area contributed by atoms with Crippen LogP contribution < -0.4 is 4.74 Å². The Morgan fingerprint density at radius 1 is 1.27 bits per heavy atom. The standard InChI is InChI=1S/C15H18F3NO3/c1-10(19-8-6-12(7-9-19)14(20)21)11-2-4-13(5-3-11)22-15(16,17)18/h2-5,10,12H,6-9H2,1H3,(H,20,21). The van der Waals surface area contributed by atoms with Gasteiger partial charge in [-0.25, -0.2) is 0 Å². The molecule has 4 nitrogen and oxygen atoms in total. The first-order chi connectivity index (χ1) is 10.3. The molecule has 0 amide bonds. The quantitative estimate of drug-likeness (QED) is 0.924. The van der Waals surface area contributed by atoms with Crippen LogP contribution in [0.15, 0.2) is 24.3 Å². The molecule has 1 aromatic carbocycles. The van der Waals surface area contributed by atoms with E-state index in [2.05, 4.69) is 9.64 Å². The van der Waals surface area contributed by atoms with Crippen molar-refractivity contribution in [2.75, 3.05) is 13.1 Å². The molecule has 0 aliphatic carbocycles. The zero-order valence-corrected chi connectivity index (χ0v) is 12.1. The van der Waals surface area contributed by atoms with Crippen molar-refractivity contribution in [3.63, 3.8) is 0 Å². The Bertz CT molecular complexity index is 508. The molecule has 1 unspecified atom stereocenters. The summed E-state index contributed by atoms with van der Waals surface area (Å²) in [5, 5.41) is 8.98. The van der Waals surface area contributed by atoms with Gasteiger partial charge in [0.05, 0.1) is 5.92 Å². The van der Waals surface area contributed by atoms with Crippen LogP contribution in [0, 0.1) is 5.92 Å². The fourth-order valence-corrected chi connectivity index (χ4v) is 2.69. The smallest absolute Gasteiger partial charge is 0.481 e. The number of aliphatic carboxylic acids is 1. The SMILES string of the molecule is CC(c1ccc(OC(F)(F)F)cc1)N1CCC(C(=O)O)CC1. The summed E-state index contributed by atoms with van der Waals surface area (Å²) in [4.78, 5) is 13.1. The van der Waals surface area contributed by atoms with Gasteiger partial charge in [-0.2, -0.15) is 0 Å². The Morgan fingerprint density at radius 3 is 2.27 bits per heavy atom. The fourth-order valence-electron chi connectivity index (χ4n) is 2.69. The molecule has 1 N–H and O–H groups in total. The minimum absolute atomic E-state index is 0.0229. The fraction of sp³-hybridized carbons (Fsp3) is 0.533. The Morgan fingerprint density at radius 2 is 1.82 bits per heavy atom. The Labute approximate surface area is 126 Å². The highest BCUT2D eigenvalue weighted by molar-refractivity contribution is 5.70. The van der Waals surface area contributed by atoms with Gasteiger partial charge in [0.2, 0.25) is 0 Å². The van der Waals surface area contributed by atoms with Crippen LogP contribution in [0.1, 0.15) is 31.4 Å². The summed E-state index contributed by atoms with van der Waals surface area (Å²) in [5.74, 6) is -1.31. The largest absolute Gasteiger partial charge is 0.573 e. The summed E-state index contributed by atoms with van der Waals surface area (Å²) in [7, 11) is 0. The van der Waals surface area contributed by atoms with Crippen LogP contribution in [-0.2, 0) is 4.79 Å². The number of likely N-dealkylation sites (tertiary alicyclic amines) is 1. The van der Waals surface area contributed by atoms with Crippen molar-refractivity contribution >= 4 is 5.97 Å². The summed E-state index contributed by atoms with van der Waals surface area (Å²) in [6.07, 6.45) is -3.50. The third-order valence-electron chi connectivity index (χ3n) is 4.02. The lowest BCUT2D eigenvalue weighted by molar-refractivity contribution is -0.274. The van der Waals surface area contributed by atoms with E-state index in [-0.39, 0.29) is 17.7 Å². The van der Waals surface area contributed by atoms with Crippen LogP contribution in [0.2, 0.25) is 0 Å². The van der Waals surface area contributed by atoms with E-state index in [9.17, 15) is 18.0 Å². The molecule has 1 aliphatic heterocycles. The normalized spacial score (nSPS) is 18.9. The first-order valence-corrected chi connectivity index (χ1v) is 7.09. The number of rotatable bonds is 4. The Balaban J connectivity index is 1.96. The third kappa shape index (κ3) is 4.37. The van der Waals surface area contributed by atoms with Gasteiger partial charge in [-0.1, -0.05) is 12.1 Å². The van der Waals surface area contributed by atoms with Crippen molar-refractivity contribution < 1.29 is 27.8 Å². The maximum atomic E-state index is 12.1. The van der Waals surface area contributed by atoms with Crippen LogP contribution in [0.3, 0.4) is 0 Å². The molecule has 1 aliphatic rings. The van der Waals surface area contributed by atoms with E-state index in [0.29, 0.717) is 25.9 Å². The Hall–Kier alpha value is -1.76. The molecule has 1 aromatic rings. The summed E-state index contributed by atoms with van der Waals surface area (Å²) >= 11 is 0. The number of hydrogen-bond acceptors (Lipinski definition) is 3. The van der Waals surface area contributed by atoms with Crippen molar-refractivity contribution in [3.05, 3.63) is 29.8 Å². The van der Waals surface area contributed by atoms with Gasteiger partial charge < -0.3 is 9.84 Å². The molecule has 0 bridgehead atoms. The molecule has 7 heteroatoms. The van der Waals surface area contributed by atoms with E-state index >= 15 is 0 Å². The van der Waals surface area contributed by atoms with E-state index < -0.39 is 12.3 Å². The summed E-state index contributed by atoms with van der Waals surface area (Å²) in [5.41, 5.74) is 0.878. The van der Waals surface area contributed by atoms with Crippen molar-refractivity contribution in [1.29, 1.82) is 0 Å². The van der Waals surface area contributed by atoms with Gasteiger partial charge in [0.15, 0.2) is 0 Å². The molecule has 1 heterocycles. The number of hydrogen-bond donors (Lipinski definition) is 1. The number of alkyl halides is 3. The number of carbonyl (C=O) groups is 1. The first kappa shape index (κ1) is 16.6. The lowest BCUT2D eigenvalue weighted by atomic mass is 9.95. The second-order valence-electron chi connectivity index (χ2n) is 5.44. The number of carboxylic acids is 1. The molecular weight excluding hydrogens is 299 g/mol. The first-order valence-electron chi connectivity index (χ1n) is 7.09. The molecule has 0 radical (unpaired) electrons.